The molecule has 1 rings (SSSR count). The number of nitrogens with zero attached hydrogens (tertiary/aromatic N) is 2. The molecular weight excluding hydrogens is 282 g/mol. The van der Waals surface area contributed by atoms with Crippen LogP contribution >= 0.6 is 0 Å². The molecule has 1 aromatic rings. The second-order valence-corrected chi connectivity index (χ2v) is 6.35. The molecule has 0 unspecified atom stereocenters. The molecule has 0 saturated carbocycles. The monoisotopic (exact) mass is 301 g/mol. The van der Waals surface area contributed by atoms with Crippen molar-refractivity contribution in [1.82, 2.24) is 4.31 Å². The van der Waals surface area contributed by atoms with Crippen LogP contribution in [0.5, 0.6) is 0 Å². The maximum absolute atomic E-state index is 12.6. The van der Waals surface area contributed by atoms with E-state index in [1.165, 1.54) is 29.6 Å². The van der Waals surface area contributed by atoms with E-state index in [0.717, 1.165) is 0 Å². The first-order valence-corrected chi connectivity index (χ1v) is 7.67. The second-order valence-electron chi connectivity index (χ2n) is 4.49. The normalized spacial score (nSPS) is 11.9. The van der Waals surface area contributed by atoms with Gasteiger partial charge in [-0.05, 0) is 19.9 Å². The van der Waals surface area contributed by atoms with Crippen molar-refractivity contribution in [1.29, 1.82) is 0 Å². The zero-order valence-electron chi connectivity index (χ0n) is 12.0. The minimum absolute atomic E-state index is 0.0427. The Balaban J connectivity index is 3.42. The van der Waals surface area contributed by atoms with E-state index in [4.69, 9.17) is 0 Å². The molecule has 0 spiro atoms. The van der Waals surface area contributed by atoms with Gasteiger partial charge < -0.3 is 5.32 Å². The summed E-state index contributed by atoms with van der Waals surface area (Å²) in [5.74, 6) is 0. The van der Waals surface area contributed by atoms with Crippen molar-refractivity contribution in [3.05, 3.63) is 28.3 Å². The fourth-order valence-corrected chi connectivity index (χ4v) is 3.82. The van der Waals surface area contributed by atoms with E-state index in [1.54, 1.807) is 20.8 Å². The molecule has 0 bridgehead atoms. The molecule has 0 aliphatic rings. The van der Waals surface area contributed by atoms with Crippen molar-refractivity contribution in [2.75, 3.05) is 18.9 Å². The Morgan fingerprint density at radius 1 is 1.40 bits per heavy atom. The Bertz CT molecular complexity index is 599. The predicted molar refractivity (Wildman–Crippen MR) is 77.3 cm³/mol. The molecule has 1 aromatic carbocycles. The third-order valence-corrected chi connectivity index (χ3v) is 5.13. The summed E-state index contributed by atoms with van der Waals surface area (Å²) in [7, 11) is -2.16. The van der Waals surface area contributed by atoms with Gasteiger partial charge in [-0.3, -0.25) is 10.1 Å². The van der Waals surface area contributed by atoms with Gasteiger partial charge in [0.2, 0.25) is 10.0 Å². The van der Waals surface area contributed by atoms with Gasteiger partial charge in [0.1, 0.15) is 4.90 Å². The first-order chi connectivity index (χ1) is 9.25. The Kier molecular flexibility index (Phi) is 5.07. The third kappa shape index (κ3) is 3.07. The van der Waals surface area contributed by atoms with Gasteiger partial charge in [-0.1, -0.05) is 6.92 Å². The van der Waals surface area contributed by atoms with E-state index in [2.05, 4.69) is 5.32 Å². The van der Waals surface area contributed by atoms with Gasteiger partial charge in [0.25, 0.3) is 5.69 Å². The van der Waals surface area contributed by atoms with Gasteiger partial charge in [0.05, 0.1) is 10.6 Å². The maximum Gasteiger partial charge on any atom is 0.271 e. The molecule has 0 radical (unpaired) electrons. The van der Waals surface area contributed by atoms with Crippen LogP contribution in [0.2, 0.25) is 0 Å². The van der Waals surface area contributed by atoms with Gasteiger partial charge in [0, 0.05) is 31.8 Å². The quantitative estimate of drug-likeness (QED) is 0.641. The van der Waals surface area contributed by atoms with Gasteiger partial charge in [-0.2, -0.15) is 4.31 Å². The van der Waals surface area contributed by atoms with E-state index in [0.29, 0.717) is 6.54 Å². The molecule has 1 N–H and O–H groups in total. The van der Waals surface area contributed by atoms with Crippen LogP contribution in [0.25, 0.3) is 0 Å². The lowest BCUT2D eigenvalue weighted by Crippen LogP contribution is -2.36. The number of nitro groups is 1. The highest BCUT2D eigenvalue weighted by Gasteiger charge is 2.28. The van der Waals surface area contributed by atoms with E-state index in [1.807, 2.05) is 0 Å². The summed E-state index contributed by atoms with van der Waals surface area (Å²) < 4.78 is 26.5. The Morgan fingerprint density at radius 3 is 2.40 bits per heavy atom. The highest BCUT2D eigenvalue weighted by molar-refractivity contribution is 7.89. The molecule has 0 saturated heterocycles. The molecule has 0 amide bonds. The van der Waals surface area contributed by atoms with Gasteiger partial charge in [-0.15, -0.1) is 0 Å². The first-order valence-electron chi connectivity index (χ1n) is 6.23. The van der Waals surface area contributed by atoms with Crippen molar-refractivity contribution < 1.29 is 13.3 Å². The second kappa shape index (κ2) is 6.19. The van der Waals surface area contributed by atoms with E-state index >= 15 is 0 Å². The van der Waals surface area contributed by atoms with Crippen molar-refractivity contribution in [2.45, 2.75) is 31.7 Å². The predicted octanol–water partition coefficient (Wildman–Crippen LogP) is 2.06. The maximum atomic E-state index is 12.6. The Hall–Kier alpha value is -1.67. The molecule has 0 aliphatic heterocycles. The molecule has 20 heavy (non-hydrogen) atoms. The minimum Gasteiger partial charge on any atom is -0.387 e. The number of nitro benzene ring substituents is 1. The van der Waals surface area contributed by atoms with Crippen molar-refractivity contribution in [3.8, 4) is 0 Å². The first kappa shape index (κ1) is 16.4. The van der Waals surface area contributed by atoms with Crippen LogP contribution in [0.15, 0.2) is 23.1 Å². The van der Waals surface area contributed by atoms with Gasteiger partial charge >= 0.3 is 0 Å². The highest BCUT2D eigenvalue weighted by atomic mass is 32.2. The highest BCUT2D eigenvalue weighted by Crippen LogP contribution is 2.29. The van der Waals surface area contributed by atoms with Gasteiger partial charge in [-0.25, -0.2) is 8.42 Å². The summed E-state index contributed by atoms with van der Waals surface area (Å²) >= 11 is 0. The summed E-state index contributed by atoms with van der Waals surface area (Å²) in [6.45, 7) is 5.65. The molecule has 0 fully saturated rings. The summed E-state index contributed by atoms with van der Waals surface area (Å²) in [5.41, 5.74) is 0.0687. The van der Waals surface area contributed by atoms with Gasteiger partial charge in [0.15, 0.2) is 0 Å². The van der Waals surface area contributed by atoms with Crippen molar-refractivity contribution in [3.63, 3.8) is 0 Å². The molecule has 0 heterocycles. The van der Waals surface area contributed by atoms with Crippen molar-refractivity contribution in [2.24, 2.45) is 0 Å². The number of rotatable bonds is 6. The molecule has 112 valence electrons. The lowest BCUT2D eigenvalue weighted by atomic mass is 10.3. The lowest BCUT2D eigenvalue weighted by molar-refractivity contribution is -0.384. The van der Waals surface area contributed by atoms with Crippen LogP contribution in [0, 0.1) is 10.1 Å². The average Bonchev–Trinajstić information content (AvgIpc) is 2.37. The number of hydrogen-bond donors (Lipinski definition) is 1. The number of hydrogen-bond acceptors (Lipinski definition) is 5. The van der Waals surface area contributed by atoms with Crippen molar-refractivity contribution >= 4 is 21.4 Å². The Labute approximate surface area is 118 Å². The zero-order valence-corrected chi connectivity index (χ0v) is 12.8. The smallest absolute Gasteiger partial charge is 0.271 e. The molecule has 0 atom stereocenters. The number of sulfonamides is 1. The van der Waals surface area contributed by atoms with Crippen LogP contribution in [0.4, 0.5) is 11.4 Å². The standard InChI is InChI=1S/C12H19N3O4S/c1-5-14(9(2)3)20(18,19)12-7-6-10(15(16)17)8-11(12)13-4/h6-9,13H,5H2,1-4H3. The molecular formula is C12H19N3O4S. The fourth-order valence-electron chi connectivity index (χ4n) is 1.99. The summed E-state index contributed by atoms with van der Waals surface area (Å²) in [6, 6.07) is 3.50. The lowest BCUT2D eigenvalue weighted by Gasteiger charge is -2.25. The molecule has 0 aromatic heterocycles. The van der Waals surface area contributed by atoms with Crippen LogP contribution in [-0.4, -0.2) is 37.3 Å². The topological polar surface area (TPSA) is 92.5 Å². The average molecular weight is 301 g/mol. The van der Waals surface area contributed by atoms with E-state index in [9.17, 15) is 18.5 Å². The number of nitrogens with one attached hydrogen (secondary N) is 1. The zero-order chi connectivity index (χ0) is 15.5. The van der Waals surface area contributed by atoms with Crippen LogP contribution in [0.1, 0.15) is 20.8 Å². The summed E-state index contributed by atoms with van der Waals surface area (Å²) in [5, 5.41) is 13.5. The third-order valence-electron chi connectivity index (χ3n) is 2.92. The largest absolute Gasteiger partial charge is 0.387 e. The molecule has 8 heteroatoms. The minimum atomic E-state index is -3.69. The van der Waals surface area contributed by atoms with Crippen LogP contribution < -0.4 is 5.32 Å². The fraction of sp³-hybridized carbons (Fsp3) is 0.500. The summed E-state index contributed by atoms with van der Waals surface area (Å²) in [6.07, 6.45) is 0. The number of anilines is 1. The van der Waals surface area contributed by atoms with E-state index in [-0.39, 0.29) is 22.3 Å². The van der Waals surface area contributed by atoms with Crippen LogP contribution in [0.3, 0.4) is 0 Å². The van der Waals surface area contributed by atoms with E-state index < -0.39 is 14.9 Å². The molecule has 0 aliphatic carbocycles. The Morgan fingerprint density at radius 2 is 2.00 bits per heavy atom. The SMILES string of the molecule is CCN(C(C)C)S(=O)(=O)c1ccc([N+](=O)[O-])cc1NC. The number of benzene rings is 1. The number of non-ortho nitro benzene ring substituents is 1. The molecule has 7 nitrogen and oxygen atoms in total. The summed E-state index contributed by atoms with van der Waals surface area (Å²) in [4.78, 5) is 10.2. The van der Waals surface area contributed by atoms with Crippen LogP contribution in [-0.2, 0) is 10.0 Å².